The molecule has 0 fully saturated rings. The number of carbonyl (C=O) groups excluding carboxylic acids is 1. The Labute approximate surface area is 155 Å². The van der Waals surface area contributed by atoms with Gasteiger partial charge in [-0.25, -0.2) is 9.59 Å². The highest BCUT2D eigenvalue weighted by Crippen LogP contribution is 2.44. The van der Waals surface area contributed by atoms with Crippen molar-refractivity contribution in [3.05, 3.63) is 77.1 Å². The van der Waals surface area contributed by atoms with E-state index in [4.69, 9.17) is 9.84 Å². The molecule has 1 aliphatic rings. The Morgan fingerprint density at radius 3 is 2.33 bits per heavy atom. The van der Waals surface area contributed by atoms with Gasteiger partial charge in [-0.2, -0.15) is 5.10 Å². The number of hydrogen-bond acceptors (Lipinski definition) is 4. The number of ether oxygens (including phenoxy) is 1. The van der Waals surface area contributed by atoms with E-state index in [0.29, 0.717) is 5.56 Å². The lowest BCUT2D eigenvalue weighted by molar-refractivity contribution is 0.0688. The fourth-order valence-corrected chi connectivity index (χ4v) is 3.45. The normalized spacial score (nSPS) is 12.3. The van der Waals surface area contributed by atoms with Crippen LogP contribution in [0.25, 0.3) is 11.1 Å². The number of H-pyrrole nitrogens is 1. The molecule has 0 atom stereocenters. The summed E-state index contributed by atoms with van der Waals surface area (Å²) in [5, 5.41) is 17.7. The second-order valence-electron chi connectivity index (χ2n) is 6.25. The molecule has 0 bridgehead atoms. The van der Waals surface area contributed by atoms with Gasteiger partial charge in [-0.1, -0.05) is 48.5 Å². The SMILES string of the molecule is O=C(NCc1cn[nH]c1C(=O)O)OCC1c2ccccc2-c2ccccc21. The van der Waals surface area contributed by atoms with Crippen molar-refractivity contribution in [2.75, 3.05) is 6.61 Å². The topological polar surface area (TPSA) is 104 Å². The highest BCUT2D eigenvalue weighted by atomic mass is 16.5. The first-order valence-electron chi connectivity index (χ1n) is 8.49. The van der Waals surface area contributed by atoms with E-state index in [9.17, 15) is 9.59 Å². The van der Waals surface area contributed by atoms with Gasteiger partial charge in [-0.15, -0.1) is 0 Å². The molecule has 0 spiro atoms. The van der Waals surface area contributed by atoms with Crippen LogP contribution in [0.1, 0.15) is 33.1 Å². The number of fused-ring (bicyclic) bond motifs is 3. The van der Waals surface area contributed by atoms with Gasteiger partial charge in [0.15, 0.2) is 0 Å². The molecule has 7 nitrogen and oxygen atoms in total. The molecule has 1 aromatic heterocycles. The number of rotatable bonds is 5. The Hall–Kier alpha value is -3.61. The average Bonchev–Trinajstić information content (AvgIpc) is 3.28. The number of amides is 1. The monoisotopic (exact) mass is 363 g/mol. The third kappa shape index (κ3) is 3.15. The van der Waals surface area contributed by atoms with Crippen LogP contribution in [-0.4, -0.2) is 34.0 Å². The maximum absolute atomic E-state index is 12.1. The Morgan fingerprint density at radius 1 is 1.07 bits per heavy atom. The number of aromatic amines is 1. The number of aromatic nitrogens is 2. The standard InChI is InChI=1S/C20H17N3O4/c24-19(25)18-12(10-22-23-18)9-21-20(26)27-11-17-15-7-3-1-5-13(15)14-6-2-4-8-16(14)17/h1-8,10,17H,9,11H2,(H,21,26)(H,22,23)(H,24,25). The Kier molecular flexibility index (Phi) is 4.33. The number of carboxylic acids is 1. The maximum atomic E-state index is 12.1. The summed E-state index contributed by atoms with van der Waals surface area (Å²) >= 11 is 0. The first-order valence-corrected chi connectivity index (χ1v) is 8.49. The summed E-state index contributed by atoms with van der Waals surface area (Å²) in [5.74, 6) is -1.15. The summed E-state index contributed by atoms with van der Waals surface area (Å²) in [4.78, 5) is 23.1. The zero-order chi connectivity index (χ0) is 18.8. The highest BCUT2D eigenvalue weighted by molar-refractivity contribution is 5.87. The lowest BCUT2D eigenvalue weighted by atomic mass is 9.98. The summed E-state index contributed by atoms with van der Waals surface area (Å²) in [6, 6.07) is 16.2. The summed E-state index contributed by atoms with van der Waals surface area (Å²) in [6.45, 7) is 0.228. The third-order valence-corrected chi connectivity index (χ3v) is 4.70. The first kappa shape index (κ1) is 16.8. The molecule has 0 saturated carbocycles. The Balaban J connectivity index is 1.42. The van der Waals surface area contributed by atoms with Gasteiger partial charge in [-0.05, 0) is 22.3 Å². The molecule has 1 amide bonds. The van der Waals surface area contributed by atoms with Crippen LogP contribution >= 0.6 is 0 Å². The molecule has 1 aliphatic carbocycles. The number of nitrogens with one attached hydrogen (secondary N) is 2. The zero-order valence-electron chi connectivity index (χ0n) is 14.3. The van der Waals surface area contributed by atoms with E-state index < -0.39 is 12.1 Å². The van der Waals surface area contributed by atoms with Gasteiger partial charge >= 0.3 is 12.1 Å². The molecule has 0 saturated heterocycles. The Bertz CT molecular complexity index is 966. The minimum absolute atomic E-state index is 0.0216. The molecular formula is C20H17N3O4. The van der Waals surface area contributed by atoms with Crippen molar-refractivity contribution in [2.45, 2.75) is 12.5 Å². The van der Waals surface area contributed by atoms with Crippen molar-refractivity contribution in [1.29, 1.82) is 0 Å². The fraction of sp³-hybridized carbons (Fsp3) is 0.150. The van der Waals surface area contributed by atoms with Crippen molar-refractivity contribution >= 4 is 12.1 Å². The number of alkyl carbamates (subject to hydrolysis) is 1. The molecule has 0 aliphatic heterocycles. The van der Waals surface area contributed by atoms with Crippen LogP contribution in [0, 0.1) is 0 Å². The second kappa shape index (κ2) is 6.95. The number of hydrogen-bond donors (Lipinski definition) is 3. The van der Waals surface area contributed by atoms with Crippen LogP contribution < -0.4 is 5.32 Å². The zero-order valence-corrected chi connectivity index (χ0v) is 14.3. The molecular weight excluding hydrogens is 346 g/mol. The molecule has 27 heavy (non-hydrogen) atoms. The van der Waals surface area contributed by atoms with Crippen LogP contribution in [0.3, 0.4) is 0 Å². The van der Waals surface area contributed by atoms with Crippen molar-refractivity contribution in [1.82, 2.24) is 15.5 Å². The molecule has 7 heteroatoms. The Morgan fingerprint density at radius 2 is 1.70 bits per heavy atom. The van der Waals surface area contributed by atoms with E-state index >= 15 is 0 Å². The molecule has 1 heterocycles. The number of benzene rings is 2. The second-order valence-corrected chi connectivity index (χ2v) is 6.25. The fourth-order valence-electron chi connectivity index (χ4n) is 3.45. The largest absolute Gasteiger partial charge is 0.477 e. The summed E-state index contributed by atoms with van der Waals surface area (Å²) in [7, 11) is 0. The predicted molar refractivity (Wildman–Crippen MR) is 97.5 cm³/mol. The van der Waals surface area contributed by atoms with Crippen LogP contribution in [0.2, 0.25) is 0 Å². The summed E-state index contributed by atoms with van der Waals surface area (Å²) < 4.78 is 5.41. The van der Waals surface area contributed by atoms with Gasteiger partial charge in [-0.3, -0.25) is 5.10 Å². The van der Waals surface area contributed by atoms with Gasteiger partial charge in [0.1, 0.15) is 12.3 Å². The molecule has 136 valence electrons. The van der Waals surface area contributed by atoms with E-state index in [-0.39, 0.29) is 24.8 Å². The minimum Gasteiger partial charge on any atom is -0.477 e. The molecule has 2 aromatic carbocycles. The molecule has 3 aromatic rings. The van der Waals surface area contributed by atoms with E-state index in [2.05, 4.69) is 27.6 Å². The number of carbonyl (C=O) groups is 2. The number of nitrogens with zero attached hydrogens (tertiary/aromatic N) is 1. The molecule has 0 radical (unpaired) electrons. The van der Waals surface area contributed by atoms with E-state index in [0.717, 1.165) is 22.3 Å². The summed E-state index contributed by atoms with van der Waals surface area (Å²) in [5.41, 5.74) is 4.92. The van der Waals surface area contributed by atoms with Gasteiger partial charge in [0.05, 0.1) is 12.7 Å². The molecule has 4 rings (SSSR count). The quantitative estimate of drug-likeness (QED) is 0.646. The van der Waals surface area contributed by atoms with Crippen LogP contribution in [0.15, 0.2) is 54.7 Å². The minimum atomic E-state index is -1.13. The number of aromatic carboxylic acids is 1. The van der Waals surface area contributed by atoms with E-state index in [1.807, 2.05) is 36.4 Å². The first-order chi connectivity index (χ1) is 13.1. The van der Waals surface area contributed by atoms with Crippen molar-refractivity contribution < 1.29 is 19.4 Å². The molecule has 0 unspecified atom stereocenters. The lowest BCUT2D eigenvalue weighted by Gasteiger charge is -2.14. The van der Waals surface area contributed by atoms with E-state index in [1.54, 1.807) is 0 Å². The van der Waals surface area contributed by atoms with Crippen molar-refractivity contribution in [3.8, 4) is 11.1 Å². The van der Waals surface area contributed by atoms with E-state index in [1.165, 1.54) is 6.20 Å². The van der Waals surface area contributed by atoms with Gasteiger partial charge in [0.25, 0.3) is 0 Å². The maximum Gasteiger partial charge on any atom is 0.407 e. The molecule has 3 N–H and O–H groups in total. The smallest absolute Gasteiger partial charge is 0.407 e. The number of carboxylic acid groups (broad SMARTS) is 1. The van der Waals surface area contributed by atoms with Gasteiger partial charge < -0.3 is 15.2 Å². The van der Waals surface area contributed by atoms with Crippen LogP contribution in [0.5, 0.6) is 0 Å². The predicted octanol–water partition coefficient (Wildman–Crippen LogP) is 3.15. The van der Waals surface area contributed by atoms with Gasteiger partial charge in [0.2, 0.25) is 0 Å². The van der Waals surface area contributed by atoms with Crippen LogP contribution in [-0.2, 0) is 11.3 Å². The third-order valence-electron chi connectivity index (χ3n) is 4.70. The van der Waals surface area contributed by atoms with Crippen molar-refractivity contribution in [2.24, 2.45) is 0 Å². The summed E-state index contributed by atoms with van der Waals surface area (Å²) in [6.07, 6.45) is 0.766. The average molecular weight is 363 g/mol. The van der Waals surface area contributed by atoms with Crippen LogP contribution in [0.4, 0.5) is 4.79 Å². The van der Waals surface area contributed by atoms with Gasteiger partial charge in [0, 0.05) is 11.5 Å². The van der Waals surface area contributed by atoms with Crippen molar-refractivity contribution in [3.63, 3.8) is 0 Å². The highest BCUT2D eigenvalue weighted by Gasteiger charge is 2.29. The lowest BCUT2D eigenvalue weighted by Crippen LogP contribution is -2.26.